The first-order valence-electron chi connectivity index (χ1n) is 5.94. The van der Waals surface area contributed by atoms with Crippen molar-refractivity contribution < 1.29 is 9.66 Å². The van der Waals surface area contributed by atoms with Crippen molar-refractivity contribution in [1.29, 1.82) is 0 Å². The van der Waals surface area contributed by atoms with Crippen LogP contribution in [-0.2, 0) is 0 Å². The third kappa shape index (κ3) is 3.22. The molecule has 98 valence electrons. The number of hydrogen-bond donors (Lipinski definition) is 1. The summed E-state index contributed by atoms with van der Waals surface area (Å²) >= 11 is 0. The monoisotopic (exact) mass is 258 g/mol. The average molecular weight is 258 g/mol. The van der Waals surface area contributed by atoms with Crippen LogP contribution in [0.2, 0.25) is 0 Å². The maximum absolute atomic E-state index is 11.1. The molecular weight excluding hydrogens is 244 g/mol. The first-order chi connectivity index (χ1) is 9.20. The Balaban J connectivity index is 2.32. The fourth-order valence-corrected chi connectivity index (χ4v) is 1.70. The van der Waals surface area contributed by atoms with Crippen LogP contribution >= 0.6 is 0 Å². The fraction of sp³-hybridized carbons (Fsp3) is 0.143. The standard InChI is InChI=1S/C14H14N2O3/c1-2-19-12-8-9-13(14(10-12)16(17)18)15-11-6-4-3-5-7-11/h3-10,15H,2H2,1H3. The summed E-state index contributed by atoms with van der Waals surface area (Å²) in [5.74, 6) is 0.493. The maximum Gasteiger partial charge on any atom is 0.296 e. The van der Waals surface area contributed by atoms with E-state index in [2.05, 4.69) is 5.32 Å². The highest BCUT2D eigenvalue weighted by Crippen LogP contribution is 2.31. The van der Waals surface area contributed by atoms with E-state index < -0.39 is 4.92 Å². The van der Waals surface area contributed by atoms with Crippen molar-refractivity contribution in [3.63, 3.8) is 0 Å². The maximum atomic E-state index is 11.1. The zero-order valence-electron chi connectivity index (χ0n) is 10.5. The zero-order valence-corrected chi connectivity index (χ0v) is 10.5. The summed E-state index contributed by atoms with van der Waals surface area (Å²) in [7, 11) is 0. The molecular formula is C14H14N2O3. The van der Waals surface area contributed by atoms with Crippen LogP contribution in [-0.4, -0.2) is 11.5 Å². The van der Waals surface area contributed by atoms with Crippen molar-refractivity contribution in [2.45, 2.75) is 6.92 Å². The summed E-state index contributed by atoms with van der Waals surface area (Å²) in [6, 6.07) is 14.1. The number of benzene rings is 2. The fourth-order valence-electron chi connectivity index (χ4n) is 1.70. The molecule has 2 aromatic carbocycles. The molecule has 0 unspecified atom stereocenters. The Morgan fingerprint density at radius 2 is 1.95 bits per heavy atom. The molecule has 0 saturated heterocycles. The SMILES string of the molecule is CCOc1ccc(Nc2ccccc2)c([N+](=O)[O-])c1. The van der Waals surface area contributed by atoms with Crippen LogP contribution in [0.4, 0.5) is 17.1 Å². The van der Waals surface area contributed by atoms with E-state index in [0.717, 1.165) is 5.69 Å². The Morgan fingerprint density at radius 3 is 2.58 bits per heavy atom. The molecule has 0 amide bonds. The van der Waals surface area contributed by atoms with Crippen molar-refractivity contribution >= 4 is 17.1 Å². The number of anilines is 2. The van der Waals surface area contributed by atoms with E-state index >= 15 is 0 Å². The number of nitrogens with one attached hydrogen (secondary N) is 1. The van der Waals surface area contributed by atoms with E-state index in [1.165, 1.54) is 6.07 Å². The Morgan fingerprint density at radius 1 is 1.21 bits per heavy atom. The first kappa shape index (κ1) is 12.9. The summed E-state index contributed by atoms with van der Waals surface area (Å²) in [5.41, 5.74) is 1.24. The van der Waals surface area contributed by atoms with Gasteiger partial charge in [-0.2, -0.15) is 0 Å². The van der Waals surface area contributed by atoms with E-state index in [-0.39, 0.29) is 5.69 Å². The van der Waals surface area contributed by atoms with E-state index in [1.807, 2.05) is 37.3 Å². The van der Waals surface area contributed by atoms with Gasteiger partial charge in [0.1, 0.15) is 11.4 Å². The van der Waals surface area contributed by atoms with Gasteiger partial charge in [0, 0.05) is 5.69 Å². The Hall–Kier alpha value is -2.56. The van der Waals surface area contributed by atoms with Gasteiger partial charge in [0.2, 0.25) is 0 Å². The van der Waals surface area contributed by atoms with Crippen molar-refractivity contribution in [2.24, 2.45) is 0 Å². The van der Waals surface area contributed by atoms with E-state index in [4.69, 9.17) is 4.74 Å². The lowest BCUT2D eigenvalue weighted by Gasteiger charge is -2.09. The summed E-state index contributed by atoms with van der Waals surface area (Å²) in [4.78, 5) is 10.7. The quantitative estimate of drug-likeness (QED) is 0.655. The van der Waals surface area contributed by atoms with Gasteiger partial charge in [-0.15, -0.1) is 0 Å². The van der Waals surface area contributed by atoms with Crippen LogP contribution in [0.5, 0.6) is 5.75 Å². The predicted octanol–water partition coefficient (Wildman–Crippen LogP) is 3.74. The van der Waals surface area contributed by atoms with Gasteiger partial charge >= 0.3 is 0 Å². The number of nitro groups is 1. The van der Waals surface area contributed by atoms with Gasteiger partial charge in [0.15, 0.2) is 0 Å². The minimum absolute atomic E-state index is 0.00481. The third-order valence-corrected chi connectivity index (χ3v) is 2.53. The lowest BCUT2D eigenvalue weighted by atomic mass is 10.2. The summed E-state index contributed by atoms with van der Waals surface area (Å²) in [6.45, 7) is 2.31. The molecule has 0 saturated carbocycles. The molecule has 0 spiro atoms. The molecule has 0 atom stereocenters. The molecule has 2 rings (SSSR count). The van der Waals surface area contributed by atoms with Crippen LogP contribution in [0.1, 0.15) is 6.92 Å². The van der Waals surface area contributed by atoms with Gasteiger partial charge in [-0.3, -0.25) is 10.1 Å². The van der Waals surface area contributed by atoms with E-state index in [0.29, 0.717) is 18.0 Å². The summed E-state index contributed by atoms with van der Waals surface area (Å²) in [6.07, 6.45) is 0. The molecule has 5 nitrogen and oxygen atoms in total. The molecule has 2 aromatic rings. The minimum Gasteiger partial charge on any atom is -0.494 e. The average Bonchev–Trinajstić information content (AvgIpc) is 2.42. The summed E-state index contributed by atoms with van der Waals surface area (Å²) in [5, 5.41) is 14.1. The zero-order chi connectivity index (χ0) is 13.7. The number of nitro benzene ring substituents is 1. The van der Waals surface area contributed by atoms with Crippen LogP contribution < -0.4 is 10.1 Å². The van der Waals surface area contributed by atoms with Crippen LogP contribution in [0, 0.1) is 10.1 Å². The molecule has 1 N–H and O–H groups in total. The Labute approximate surface area is 111 Å². The molecule has 0 fully saturated rings. The van der Waals surface area contributed by atoms with Gasteiger partial charge in [-0.1, -0.05) is 18.2 Å². The number of nitrogens with zero attached hydrogens (tertiary/aromatic N) is 1. The second kappa shape index (κ2) is 5.86. The van der Waals surface area contributed by atoms with Crippen molar-refractivity contribution in [3.8, 4) is 5.75 Å². The highest BCUT2D eigenvalue weighted by molar-refractivity contribution is 5.70. The molecule has 0 aromatic heterocycles. The normalized spacial score (nSPS) is 9.95. The minimum atomic E-state index is -0.423. The molecule has 0 aliphatic heterocycles. The largest absolute Gasteiger partial charge is 0.494 e. The number of para-hydroxylation sites is 1. The predicted molar refractivity (Wildman–Crippen MR) is 74.0 cm³/mol. The summed E-state index contributed by atoms with van der Waals surface area (Å²) < 4.78 is 5.27. The first-order valence-corrected chi connectivity index (χ1v) is 5.94. The molecule has 0 aliphatic carbocycles. The number of ether oxygens (including phenoxy) is 1. The molecule has 0 heterocycles. The molecule has 19 heavy (non-hydrogen) atoms. The van der Waals surface area contributed by atoms with Crippen molar-refractivity contribution in [3.05, 3.63) is 58.6 Å². The van der Waals surface area contributed by atoms with Gasteiger partial charge in [-0.05, 0) is 31.2 Å². The van der Waals surface area contributed by atoms with Gasteiger partial charge < -0.3 is 10.1 Å². The van der Waals surface area contributed by atoms with E-state index in [1.54, 1.807) is 12.1 Å². The topological polar surface area (TPSA) is 64.4 Å². The third-order valence-electron chi connectivity index (χ3n) is 2.53. The Kier molecular flexibility index (Phi) is 3.97. The molecule has 0 aliphatic rings. The van der Waals surface area contributed by atoms with Crippen LogP contribution in [0.3, 0.4) is 0 Å². The van der Waals surface area contributed by atoms with Crippen molar-refractivity contribution in [1.82, 2.24) is 0 Å². The molecule has 0 radical (unpaired) electrons. The molecule has 5 heteroatoms. The lowest BCUT2D eigenvalue weighted by Crippen LogP contribution is -1.98. The Bertz CT molecular complexity index is 570. The van der Waals surface area contributed by atoms with Crippen molar-refractivity contribution in [2.75, 3.05) is 11.9 Å². The lowest BCUT2D eigenvalue weighted by molar-refractivity contribution is -0.384. The highest BCUT2D eigenvalue weighted by Gasteiger charge is 2.15. The second-order valence-electron chi connectivity index (χ2n) is 3.86. The van der Waals surface area contributed by atoms with Gasteiger partial charge in [-0.25, -0.2) is 0 Å². The van der Waals surface area contributed by atoms with Crippen LogP contribution in [0.15, 0.2) is 48.5 Å². The molecule has 0 bridgehead atoms. The van der Waals surface area contributed by atoms with Gasteiger partial charge in [0.25, 0.3) is 5.69 Å². The number of rotatable bonds is 5. The van der Waals surface area contributed by atoms with Gasteiger partial charge in [0.05, 0.1) is 17.6 Å². The van der Waals surface area contributed by atoms with E-state index in [9.17, 15) is 10.1 Å². The second-order valence-corrected chi connectivity index (χ2v) is 3.86. The highest BCUT2D eigenvalue weighted by atomic mass is 16.6. The van der Waals surface area contributed by atoms with Crippen LogP contribution in [0.25, 0.3) is 0 Å². The number of hydrogen-bond acceptors (Lipinski definition) is 4. The smallest absolute Gasteiger partial charge is 0.296 e.